The number of halogens is 1. The molecule has 114 valence electrons. The smallest absolute Gasteiger partial charge is 0.287 e. The number of hydrogen-bond acceptors (Lipinski definition) is 5. The monoisotopic (exact) mass is 381 g/mol. The Kier molecular flexibility index (Phi) is 4.12. The predicted molar refractivity (Wildman–Crippen MR) is 86.5 cm³/mol. The molecule has 0 aliphatic heterocycles. The zero-order chi connectivity index (χ0) is 15.7. The number of nitrogens with one attached hydrogen (secondary N) is 1. The van der Waals surface area contributed by atoms with Crippen LogP contribution in [0.2, 0.25) is 0 Å². The number of carbonyl (C=O) groups is 1. The van der Waals surface area contributed by atoms with E-state index in [9.17, 15) is 9.59 Å². The molecular formula is C14H12BrN3O3S. The average molecular weight is 382 g/mol. The summed E-state index contributed by atoms with van der Waals surface area (Å²) in [6, 6.07) is 4.76. The van der Waals surface area contributed by atoms with E-state index in [0.29, 0.717) is 28.3 Å². The van der Waals surface area contributed by atoms with E-state index >= 15 is 0 Å². The van der Waals surface area contributed by atoms with Crippen molar-refractivity contribution in [2.75, 3.05) is 6.54 Å². The molecule has 0 unspecified atom stereocenters. The Morgan fingerprint density at radius 1 is 1.50 bits per heavy atom. The van der Waals surface area contributed by atoms with Gasteiger partial charge in [0.2, 0.25) is 0 Å². The van der Waals surface area contributed by atoms with Gasteiger partial charge < -0.3 is 9.73 Å². The molecule has 8 heteroatoms. The molecule has 0 saturated carbocycles. The molecule has 1 amide bonds. The van der Waals surface area contributed by atoms with Crippen LogP contribution < -0.4 is 10.9 Å². The fraction of sp³-hybridized carbons (Fsp3) is 0.214. The number of nitrogens with zero attached hydrogens (tertiary/aromatic N) is 2. The van der Waals surface area contributed by atoms with E-state index in [0.717, 1.165) is 5.69 Å². The lowest BCUT2D eigenvalue weighted by atomic mass is 10.3. The third kappa shape index (κ3) is 2.97. The first-order chi connectivity index (χ1) is 10.5. The zero-order valence-corrected chi connectivity index (χ0v) is 14.0. The number of thiazole rings is 1. The molecule has 3 aromatic rings. The van der Waals surface area contributed by atoms with Gasteiger partial charge in [-0.15, -0.1) is 11.3 Å². The van der Waals surface area contributed by atoms with Crippen molar-refractivity contribution in [2.45, 2.75) is 13.3 Å². The van der Waals surface area contributed by atoms with Crippen LogP contribution in [0.4, 0.5) is 0 Å². The molecule has 0 saturated heterocycles. The molecule has 0 aliphatic rings. The van der Waals surface area contributed by atoms with Crippen LogP contribution in [0.15, 0.2) is 37.5 Å². The minimum atomic E-state index is -0.286. The van der Waals surface area contributed by atoms with Gasteiger partial charge in [-0.2, -0.15) is 0 Å². The lowest BCUT2D eigenvalue weighted by molar-refractivity contribution is 0.0925. The quantitative estimate of drug-likeness (QED) is 0.752. The largest absolute Gasteiger partial charge is 0.444 e. The second kappa shape index (κ2) is 6.05. The van der Waals surface area contributed by atoms with Crippen LogP contribution in [-0.2, 0) is 6.42 Å². The number of rotatable bonds is 4. The second-order valence-electron chi connectivity index (χ2n) is 4.69. The van der Waals surface area contributed by atoms with Crippen LogP contribution in [0, 0.1) is 6.92 Å². The van der Waals surface area contributed by atoms with Gasteiger partial charge in [0.1, 0.15) is 0 Å². The number of aryl methyl sites for hydroxylation is 1. The first kappa shape index (κ1) is 15.0. The van der Waals surface area contributed by atoms with E-state index in [2.05, 4.69) is 26.2 Å². The molecule has 22 heavy (non-hydrogen) atoms. The van der Waals surface area contributed by atoms with Crippen LogP contribution in [0.1, 0.15) is 21.9 Å². The van der Waals surface area contributed by atoms with Crippen molar-refractivity contribution in [2.24, 2.45) is 0 Å². The average Bonchev–Trinajstić information content (AvgIpc) is 3.05. The molecule has 1 N–H and O–H groups in total. The highest BCUT2D eigenvalue weighted by atomic mass is 79.9. The fourth-order valence-corrected chi connectivity index (χ4v) is 3.37. The van der Waals surface area contributed by atoms with E-state index < -0.39 is 0 Å². The Bertz CT molecular complexity index is 896. The topological polar surface area (TPSA) is 76.6 Å². The van der Waals surface area contributed by atoms with Gasteiger partial charge in [0.25, 0.3) is 11.5 Å². The third-order valence-electron chi connectivity index (χ3n) is 3.07. The minimum Gasteiger partial charge on any atom is -0.444 e. The van der Waals surface area contributed by atoms with Crippen molar-refractivity contribution >= 4 is 38.1 Å². The van der Waals surface area contributed by atoms with Gasteiger partial charge >= 0.3 is 0 Å². The first-order valence-electron chi connectivity index (χ1n) is 6.55. The molecule has 3 rings (SSSR count). The number of furan rings is 1. The molecule has 3 aromatic heterocycles. The van der Waals surface area contributed by atoms with Crippen LogP contribution >= 0.6 is 27.3 Å². The van der Waals surface area contributed by atoms with E-state index in [4.69, 9.17) is 4.42 Å². The Hall–Kier alpha value is -1.93. The molecule has 0 aromatic carbocycles. The van der Waals surface area contributed by atoms with Crippen LogP contribution in [0.25, 0.3) is 4.96 Å². The Morgan fingerprint density at radius 2 is 2.32 bits per heavy atom. The van der Waals surface area contributed by atoms with E-state index in [1.807, 2.05) is 5.38 Å². The third-order valence-corrected chi connectivity index (χ3v) is 4.37. The maximum absolute atomic E-state index is 12.0. The lowest BCUT2D eigenvalue weighted by Crippen LogP contribution is -2.26. The van der Waals surface area contributed by atoms with Gasteiger partial charge in [0.15, 0.2) is 15.4 Å². The van der Waals surface area contributed by atoms with Crippen LogP contribution in [-0.4, -0.2) is 21.8 Å². The van der Waals surface area contributed by atoms with Gasteiger partial charge in [-0.25, -0.2) is 4.98 Å². The number of amides is 1. The van der Waals surface area contributed by atoms with Crippen molar-refractivity contribution in [3.05, 3.63) is 55.8 Å². The summed E-state index contributed by atoms with van der Waals surface area (Å²) in [6.07, 6.45) is 0.540. The summed E-state index contributed by atoms with van der Waals surface area (Å²) in [5, 5.41) is 4.65. The second-order valence-corrected chi connectivity index (χ2v) is 6.31. The lowest BCUT2D eigenvalue weighted by Gasteiger charge is -2.03. The van der Waals surface area contributed by atoms with Crippen LogP contribution in [0.3, 0.4) is 0 Å². The maximum Gasteiger partial charge on any atom is 0.287 e. The van der Waals surface area contributed by atoms with Gasteiger partial charge in [0, 0.05) is 35.8 Å². The van der Waals surface area contributed by atoms with Gasteiger partial charge in [-0.3, -0.25) is 14.0 Å². The summed E-state index contributed by atoms with van der Waals surface area (Å²) in [6.45, 7) is 2.20. The summed E-state index contributed by atoms with van der Waals surface area (Å²) in [5.74, 6) is -0.0388. The highest BCUT2D eigenvalue weighted by molar-refractivity contribution is 9.10. The predicted octanol–water partition coefficient (Wildman–Crippen LogP) is 2.39. The van der Waals surface area contributed by atoms with E-state index in [1.54, 1.807) is 23.5 Å². The standard InChI is InChI=1S/C14H12BrN3O3S/c1-8-6-12(19)18-9(7-22-14(18)17-8)4-5-16-13(20)10-2-3-11(15)21-10/h2-3,6-7H,4-5H2,1H3,(H,16,20). The van der Waals surface area contributed by atoms with E-state index in [1.165, 1.54) is 17.4 Å². The minimum absolute atomic E-state index is 0.0972. The van der Waals surface area contributed by atoms with E-state index in [-0.39, 0.29) is 17.2 Å². The van der Waals surface area contributed by atoms with Gasteiger partial charge in [0.05, 0.1) is 0 Å². The molecule has 3 heterocycles. The molecule has 6 nitrogen and oxygen atoms in total. The maximum atomic E-state index is 12.0. The number of carbonyl (C=O) groups excluding carboxylic acids is 1. The summed E-state index contributed by atoms with van der Waals surface area (Å²) in [7, 11) is 0. The molecular weight excluding hydrogens is 370 g/mol. The Morgan fingerprint density at radius 3 is 3.05 bits per heavy atom. The molecule has 0 radical (unpaired) electrons. The highest BCUT2D eigenvalue weighted by Crippen LogP contribution is 2.14. The summed E-state index contributed by atoms with van der Waals surface area (Å²) in [4.78, 5) is 28.9. The summed E-state index contributed by atoms with van der Waals surface area (Å²) in [5.41, 5.74) is 1.44. The number of hydrogen-bond donors (Lipinski definition) is 1. The SMILES string of the molecule is Cc1cc(=O)n2c(CCNC(=O)c3ccc(Br)o3)csc2n1. The Balaban J connectivity index is 1.70. The molecule has 0 aliphatic carbocycles. The molecule has 0 fully saturated rings. The summed E-state index contributed by atoms with van der Waals surface area (Å²) < 4.78 is 7.26. The number of fused-ring (bicyclic) bond motifs is 1. The molecule has 0 atom stereocenters. The van der Waals surface area contributed by atoms with Gasteiger partial charge in [-0.1, -0.05) is 0 Å². The number of aromatic nitrogens is 2. The van der Waals surface area contributed by atoms with Crippen molar-refractivity contribution in [1.29, 1.82) is 0 Å². The normalized spacial score (nSPS) is 11.0. The summed E-state index contributed by atoms with van der Waals surface area (Å²) >= 11 is 4.57. The highest BCUT2D eigenvalue weighted by Gasteiger charge is 2.11. The molecule has 0 bridgehead atoms. The van der Waals surface area contributed by atoms with Crippen molar-refractivity contribution in [1.82, 2.24) is 14.7 Å². The van der Waals surface area contributed by atoms with Gasteiger partial charge in [-0.05, 0) is 35.0 Å². The van der Waals surface area contributed by atoms with Crippen LogP contribution in [0.5, 0.6) is 0 Å². The van der Waals surface area contributed by atoms with Crippen molar-refractivity contribution < 1.29 is 9.21 Å². The fourth-order valence-electron chi connectivity index (χ4n) is 2.09. The Labute approximate surface area is 137 Å². The molecule has 0 spiro atoms. The van der Waals surface area contributed by atoms with Crippen molar-refractivity contribution in [3.63, 3.8) is 0 Å². The first-order valence-corrected chi connectivity index (χ1v) is 8.22. The zero-order valence-electron chi connectivity index (χ0n) is 11.6. The van der Waals surface area contributed by atoms with Crippen molar-refractivity contribution in [3.8, 4) is 0 Å².